The van der Waals surface area contributed by atoms with Crippen LogP contribution in [-0.2, 0) is 4.79 Å². The van der Waals surface area contributed by atoms with Crippen LogP contribution < -0.4 is 5.11 Å². The molecular weight excluding hydrogens is 313 g/mol. The van der Waals surface area contributed by atoms with Crippen molar-refractivity contribution < 1.29 is 9.90 Å². The average molecular weight is 315 g/mol. The van der Waals surface area contributed by atoms with Crippen LogP contribution in [-0.4, -0.2) is 5.97 Å². The molecule has 0 heterocycles. The number of rotatable bonds is 1. The van der Waals surface area contributed by atoms with Gasteiger partial charge in [0.1, 0.15) is 0 Å². The second kappa shape index (κ2) is 0.875. The van der Waals surface area contributed by atoms with Gasteiger partial charge in [0.05, 0.1) is 0 Å². The zero-order valence-electron chi connectivity index (χ0n) is 2.31. The van der Waals surface area contributed by atoms with E-state index in [4.69, 9.17) is 0 Å². The number of carboxylic acids is 1. The third-order valence-corrected chi connectivity index (χ3v) is 0.777. The molecule has 0 spiro atoms. The molecule has 0 amide bonds. The van der Waals surface area contributed by atoms with E-state index in [1.54, 1.807) is 0 Å². The van der Waals surface area contributed by atoms with Crippen LogP contribution in [0.3, 0.4) is 0 Å². The van der Waals surface area contributed by atoms with Gasteiger partial charge in [0.15, 0.2) is 0 Å². The topological polar surface area (TPSA) is 40.1 Å². The van der Waals surface area contributed by atoms with E-state index >= 15 is 0 Å². The number of hydrogen-bond acceptors (Lipinski definition) is 2. The van der Waals surface area contributed by atoms with Crippen molar-refractivity contribution in [2.45, 2.75) is 6.92 Å². The Bertz CT molecular complexity index is 42.9. The summed E-state index contributed by atoms with van der Waals surface area (Å²) < 4.78 is 1.51. The van der Waals surface area contributed by atoms with Gasteiger partial charge in [-0.2, -0.15) is 0 Å². The maximum absolute atomic E-state index is 9.26. The van der Waals surface area contributed by atoms with Gasteiger partial charge in [0, 0.05) is 0 Å². The Morgan fingerprint density at radius 1 is 2.00 bits per heavy atom. The van der Waals surface area contributed by atoms with Crippen LogP contribution in [0.25, 0.3) is 0 Å². The second-order valence-electron chi connectivity index (χ2n) is 0.474. The van der Waals surface area contributed by atoms with E-state index in [1.165, 1.54) is 0 Å². The number of aliphatic carboxylic acids is 1. The monoisotopic (exact) mass is 315 g/mol. The molecule has 3 heteroatoms. The van der Waals surface area contributed by atoms with E-state index in [1.807, 2.05) is 0 Å². The SMILES string of the molecule is O=C([O-])[CH2][Fm]. The molecule has 0 N–H and O–H groups in total. The molecule has 0 aromatic heterocycles. The summed E-state index contributed by atoms with van der Waals surface area (Å²) in [7, 11) is 0. The van der Waals surface area contributed by atoms with Gasteiger partial charge < -0.3 is 0 Å². The maximum atomic E-state index is 9.26. The first-order chi connectivity index (χ1) is 2.27. The Morgan fingerprint density at radius 2 is 2.20 bits per heavy atom. The molecule has 0 fully saturated rings. The summed E-state index contributed by atoms with van der Waals surface area (Å²) >= 11 is 0. The number of hydrogen-bond donors (Lipinski definition) is 0. The zero-order chi connectivity index (χ0) is 4.28. The van der Waals surface area contributed by atoms with Crippen molar-refractivity contribution in [2.24, 2.45) is 0 Å². The molecule has 35 valence electrons. The average Bonchev–Trinajstić information content (AvgIpc) is 1.38. The molecular formula is C2H2FmO2-. The van der Waals surface area contributed by atoms with Crippen LogP contribution in [0.5, 0.6) is 0 Å². The first-order valence-electron chi connectivity index (χ1n) is 0.966. The second-order valence-corrected chi connectivity index (χ2v) is 1.32. The molecule has 0 radical (unpaired) electrons. The van der Waals surface area contributed by atoms with Crippen LogP contribution in [0.4, 0.5) is 0 Å². The molecule has 0 aliphatic rings. The van der Waals surface area contributed by atoms with E-state index in [0.29, 0.717) is 0 Å². The summed E-state index contributed by atoms with van der Waals surface area (Å²) in [6.07, 6.45) is 0. The van der Waals surface area contributed by atoms with Crippen molar-refractivity contribution in [1.29, 1.82) is 0 Å². The van der Waals surface area contributed by atoms with Crippen LogP contribution in [0.2, 0.25) is 6.92 Å². The van der Waals surface area contributed by atoms with Crippen molar-refractivity contribution in [3.63, 3.8) is 0 Å². The van der Waals surface area contributed by atoms with Crippen molar-refractivity contribution in [3.05, 3.63) is 0 Å². The predicted molar refractivity (Wildman–Crippen MR) is 9.81 cm³/mol. The molecule has 0 aliphatic carbocycles. The standard InChI is InChI=1S/C2H3O2.Fm/c1-2(3)4;/h1H2,(H,3,4);/p-1. The van der Waals surface area contributed by atoms with Gasteiger partial charge in [-0.3, -0.25) is 0 Å². The van der Waals surface area contributed by atoms with Crippen molar-refractivity contribution in [1.82, 2.24) is 0 Å². The van der Waals surface area contributed by atoms with Crippen molar-refractivity contribution in [2.75, 3.05) is 0 Å². The van der Waals surface area contributed by atoms with Crippen LogP contribution in [0.1, 0.15) is 0 Å². The summed E-state index contributed by atoms with van der Waals surface area (Å²) in [5.74, 6) is -0.993. The summed E-state index contributed by atoms with van der Waals surface area (Å²) in [5.41, 5.74) is 0. The quantitative estimate of drug-likeness (QED) is 0.604. The third-order valence-electron chi connectivity index (χ3n) is 0.0833. The summed E-state index contributed by atoms with van der Waals surface area (Å²) in [5, 5.41) is 9.26. The molecule has 0 aromatic rings. The molecule has 0 unspecified atom stereocenters. The Hall–Kier alpha value is -1.53. The number of carbonyl (C=O) groups is 1. The van der Waals surface area contributed by atoms with E-state index < -0.39 is 5.97 Å². The third kappa shape index (κ3) is 2.47. The Labute approximate surface area is 24.1 Å². The fourth-order valence-electron chi connectivity index (χ4n) is 0. The predicted octanol–water partition coefficient (Wildman–Crippen LogP) is -1.30. The van der Waals surface area contributed by atoms with Crippen LogP contribution in [0.15, 0.2) is 0 Å². The molecule has 2 nitrogen and oxygen atoms in total. The van der Waals surface area contributed by atoms with Crippen molar-refractivity contribution in [3.8, 4) is 0 Å². The summed E-state index contributed by atoms with van der Waals surface area (Å²) in [4.78, 5) is 9.26. The molecule has 0 rings (SSSR count). The van der Waals surface area contributed by atoms with E-state index in [9.17, 15) is 9.90 Å². The Balaban J connectivity index is 2.85. The Kier molecular flexibility index (Phi) is 0.607. The molecule has 0 saturated heterocycles. The van der Waals surface area contributed by atoms with Crippen LogP contribution >= 0.6 is 0 Å². The molecule has 0 bridgehead atoms. The first-order valence-corrected chi connectivity index (χ1v) is 2.67. The number of carbonyl (C=O) groups excluding carboxylic acids is 1. The molecule has 0 aliphatic heterocycles. The van der Waals surface area contributed by atoms with Crippen molar-refractivity contribution >= 4 is 5.97 Å². The van der Waals surface area contributed by atoms with Gasteiger partial charge in [-0.1, -0.05) is 0 Å². The van der Waals surface area contributed by atoms with Gasteiger partial charge in [0.25, 0.3) is 0 Å². The summed E-state index contributed by atoms with van der Waals surface area (Å²) in [6, 6.07) is 0. The number of carboxylic acid groups (broad SMARTS) is 1. The van der Waals surface area contributed by atoms with E-state index in [-0.39, 0.29) is 6.92 Å². The van der Waals surface area contributed by atoms with E-state index in [2.05, 4.69) is 0 Å². The van der Waals surface area contributed by atoms with Gasteiger partial charge in [0.2, 0.25) is 0 Å². The van der Waals surface area contributed by atoms with Gasteiger partial charge in [-0.15, -0.1) is 0 Å². The Morgan fingerprint density at radius 3 is 2.20 bits per heavy atom. The van der Waals surface area contributed by atoms with Crippen LogP contribution in [0, 0.1) is 0 Å². The minimum atomic E-state index is -0.993. The fraction of sp³-hybridized carbons (Fsp3) is 0.500. The summed E-state index contributed by atoms with van der Waals surface area (Å²) in [6.45, 7) is 0.116. The normalized spacial score (nSPS) is 7.60. The van der Waals surface area contributed by atoms with E-state index in [0.717, 1.165) is 0 Å². The van der Waals surface area contributed by atoms with Gasteiger partial charge in [-0.25, -0.2) is 0 Å². The molecule has 0 aromatic carbocycles. The van der Waals surface area contributed by atoms with Gasteiger partial charge in [-0.05, 0) is 0 Å². The molecule has 0 atom stereocenters. The molecule has 5 heavy (non-hydrogen) atoms. The molecule has 0 saturated carbocycles. The zero-order valence-corrected chi connectivity index (χ0v) is 4.72. The first kappa shape index (κ1) is 3.47. The van der Waals surface area contributed by atoms with Gasteiger partial charge >= 0.3 is 22.8 Å². The minimum absolute atomic E-state index is 0.116. The fourth-order valence-corrected chi connectivity index (χ4v) is 0.